The molecule has 1 N–H and O–H groups in total. The summed E-state index contributed by atoms with van der Waals surface area (Å²) in [5.41, 5.74) is 0. The zero-order valence-corrected chi connectivity index (χ0v) is 9.36. The molecule has 15 heavy (non-hydrogen) atoms. The summed E-state index contributed by atoms with van der Waals surface area (Å²) >= 11 is 0. The Bertz CT molecular complexity index is 265. The van der Waals surface area contributed by atoms with Gasteiger partial charge in [0.05, 0.1) is 12.9 Å². The summed E-state index contributed by atoms with van der Waals surface area (Å²) in [5.74, 6) is -0.122. The second-order valence-electron chi connectivity index (χ2n) is 2.98. The van der Waals surface area contributed by atoms with E-state index in [1.165, 1.54) is 28.0 Å². The second kappa shape index (κ2) is 6.02. The molecule has 0 spiro atoms. The molecule has 0 aromatic heterocycles. The number of nitrogens with one attached hydrogen (secondary N) is 1. The molecule has 0 aliphatic carbocycles. The topological polar surface area (TPSA) is 67.9 Å². The Kier molecular flexibility index (Phi) is 5.40. The first-order valence-corrected chi connectivity index (χ1v) is 4.34. The Morgan fingerprint density at radius 3 is 2.40 bits per heavy atom. The van der Waals surface area contributed by atoms with Gasteiger partial charge in [-0.2, -0.15) is 0 Å². The van der Waals surface area contributed by atoms with Crippen LogP contribution in [0.4, 0.5) is 4.79 Å². The minimum Gasteiger partial charge on any atom is -0.416 e. The molecule has 0 aliphatic rings. The lowest BCUT2D eigenvalue weighted by Crippen LogP contribution is -2.45. The van der Waals surface area contributed by atoms with E-state index in [9.17, 15) is 9.59 Å². The summed E-state index contributed by atoms with van der Waals surface area (Å²) in [6, 6.07) is -0.721. The molecule has 6 heteroatoms. The van der Waals surface area contributed by atoms with Crippen molar-refractivity contribution >= 4 is 12.0 Å². The molecule has 0 aliphatic heterocycles. The quantitative estimate of drug-likeness (QED) is 0.553. The molecular weight excluding hydrogens is 200 g/mol. The van der Waals surface area contributed by atoms with Gasteiger partial charge in [-0.15, -0.1) is 0 Å². The van der Waals surface area contributed by atoms with Gasteiger partial charge in [0.1, 0.15) is 6.04 Å². The first-order valence-electron chi connectivity index (χ1n) is 4.34. The van der Waals surface area contributed by atoms with E-state index in [1.54, 1.807) is 0 Å². The maximum atomic E-state index is 11.4. The summed E-state index contributed by atoms with van der Waals surface area (Å²) < 4.78 is 4.63. The Morgan fingerprint density at radius 1 is 1.47 bits per heavy atom. The van der Waals surface area contributed by atoms with E-state index in [0.717, 1.165) is 5.06 Å². The highest BCUT2D eigenvalue weighted by Crippen LogP contribution is 1.95. The monoisotopic (exact) mass is 216 g/mol. The van der Waals surface area contributed by atoms with Crippen molar-refractivity contribution in [3.05, 3.63) is 12.3 Å². The molecule has 0 saturated carbocycles. The number of likely N-dealkylation sites (N-methyl/N-ethyl adjacent to an activating group) is 1. The number of carbonyl (C=O) groups excluding carboxylic acids is 2. The second-order valence-corrected chi connectivity index (χ2v) is 2.98. The van der Waals surface area contributed by atoms with Gasteiger partial charge in [-0.1, -0.05) is 6.58 Å². The lowest BCUT2D eigenvalue weighted by molar-refractivity contribution is -0.170. The number of amides is 2. The van der Waals surface area contributed by atoms with E-state index in [2.05, 4.69) is 21.5 Å². The van der Waals surface area contributed by atoms with Crippen LogP contribution in [0.15, 0.2) is 12.3 Å². The largest absolute Gasteiger partial charge is 0.416 e. The number of ether oxygens (including phenoxy) is 1. The maximum absolute atomic E-state index is 11.4. The summed E-state index contributed by atoms with van der Waals surface area (Å²) in [4.78, 5) is 27.1. The first kappa shape index (κ1) is 13.4. The molecule has 6 nitrogen and oxygen atoms in total. The molecule has 0 unspecified atom stereocenters. The average Bonchev–Trinajstić information content (AvgIpc) is 2.13. The van der Waals surface area contributed by atoms with Gasteiger partial charge in [0.2, 0.25) is 0 Å². The van der Waals surface area contributed by atoms with Crippen LogP contribution in [0.5, 0.6) is 0 Å². The maximum Gasteiger partial charge on any atom is 0.412 e. The normalized spacial score (nSPS) is 11.5. The summed E-state index contributed by atoms with van der Waals surface area (Å²) in [6.07, 6.45) is -0.715. The highest BCUT2D eigenvalue weighted by molar-refractivity contribution is 5.84. The predicted molar refractivity (Wildman–Crippen MR) is 53.7 cm³/mol. The van der Waals surface area contributed by atoms with Crippen LogP contribution in [-0.2, 0) is 14.4 Å². The Balaban J connectivity index is 4.12. The lowest BCUT2D eigenvalue weighted by atomic mass is 10.3. The van der Waals surface area contributed by atoms with Crippen molar-refractivity contribution < 1.29 is 19.2 Å². The van der Waals surface area contributed by atoms with Crippen molar-refractivity contribution in [2.75, 3.05) is 14.2 Å². The highest BCUT2D eigenvalue weighted by atomic mass is 16.7. The molecule has 0 saturated heterocycles. The number of alkyl carbamates (subject to hydrolysis) is 1. The van der Waals surface area contributed by atoms with Crippen LogP contribution in [0.2, 0.25) is 0 Å². The number of carbonyl (C=O) groups is 2. The van der Waals surface area contributed by atoms with E-state index in [-0.39, 0.29) is 11.7 Å². The van der Waals surface area contributed by atoms with Gasteiger partial charge in [0.25, 0.3) is 5.91 Å². The SMILES string of the molecule is C=C(C)OC(=O)N[C@@H](C)C(=O)N(C)OC. The fourth-order valence-corrected chi connectivity index (χ4v) is 0.789. The third-order valence-corrected chi connectivity index (χ3v) is 1.56. The number of hydrogen-bond donors (Lipinski definition) is 1. The molecule has 0 aromatic rings. The van der Waals surface area contributed by atoms with Gasteiger partial charge in [0, 0.05) is 7.05 Å². The van der Waals surface area contributed by atoms with Crippen LogP contribution in [0, 0.1) is 0 Å². The number of hydrogen-bond acceptors (Lipinski definition) is 4. The van der Waals surface area contributed by atoms with Crippen LogP contribution in [0.1, 0.15) is 13.8 Å². The molecule has 0 rings (SSSR count). The van der Waals surface area contributed by atoms with Gasteiger partial charge in [0.15, 0.2) is 0 Å². The van der Waals surface area contributed by atoms with Gasteiger partial charge in [-0.05, 0) is 13.8 Å². The molecule has 1 atom stereocenters. The van der Waals surface area contributed by atoms with E-state index in [1.807, 2.05) is 0 Å². The van der Waals surface area contributed by atoms with E-state index < -0.39 is 12.1 Å². The summed E-state index contributed by atoms with van der Waals surface area (Å²) in [6.45, 7) is 6.46. The van der Waals surface area contributed by atoms with Crippen LogP contribution < -0.4 is 5.32 Å². The van der Waals surface area contributed by atoms with Gasteiger partial charge in [-0.25, -0.2) is 9.86 Å². The zero-order valence-electron chi connectivity index (χ0n) is 9.36. The Labute approximate surface area is 88.8 Å². The lowest BCUT2D eigenvalue weighted by Gasteiger charge is -2.19. The third-order valence-electron chi connectivity index (χ3n) is 1.56. The van der Waals surface area contributed by atoms with Crippen LogP contribution in [0.25, 0.3) is 0 Å². The molecule has 0 fully saturated rings. The molecule has 0 radical (unpaired) electrons. The molecule has 86 valence electrons. The fraction of sp³-hybridized carbons (Fsp3) is 0.556. The van der Waals surface area contributed by atoms with E-state index in [4.69, 9.17) is 0 Å². The molecule has 0 heterocycles. The Hall–Kier alpha value is -1.56. The van der Waals surface area contributed by atoms with Crippen LogP contribution in [0.3, 0.4) is 0 Å². The van der Waals surface area contributed by atoms with Gasteiger partial charge < -0.3 is 10.1 Å². The van der Waals surface area contributed by atoms with Gasteiger partial charge >= 0.3 is 6.09 Å². The third kappa shape index (κ3) is 5.02. The minimum atomic E-state index is -0.721. The van der Waals surface area contributed by atoms with E-state index in [0.29, 0.717) is 0 Å². The number of nitrogens with zero attached hydrogens (tertiary/aromatic N) is 1. The number of allylic oxidation sites excluding steroid dienone is 1. The summed E-state index contributed by atoms with van der Waals surface area (Å²) in [7, 11) is 2.81. The van der Waals surface area contributed by atoms with E-state index >= 15 is 0 Å². The molecule has 2 amide bonds. The fourth-order valence-electron chi connectivity index (χ4n) is 0.789. The van der Waals surface area contributed by atoms with Crippen molar-refractivity contribution in [1.29, 1.82) is 0 Å². The van der Waals surface area contributed by atoms with Crippen LogP contribution >= 0.6 is 0 Å². The molecular formula is C9H16N2O4. The minimum absolute atomic E-state index is 0.257. The Morgan fingerprint density at radius 2 is 2.00 bits per heavy atom. The van der Waals surface area contributed by atoms with Crippen molar-refractivity contribution in [2.45, 2.75) is 19.9 Å². The van der Waals surface area contributed by atoms with Gasteiger partial charge in [-0.3, -0.25) is 9.63 Å². The number of rotatable bonds is 4. The van der Waals surface area contributed by atoms with Crippen molar-refractivity contribution in [2.24, 2.45) is 0 Å². The summed E-state index contributed by atoms with van der Waals surface area (Å²) in [5, 5.41) is 3.35. The van der Waals surface area contributed by atoms with Crippen molar-refractivity contribution in [3.8, 4) is 0 Å². The smallest absolute Gasteiger partial charge is 0.412 e. The number of hydroxylamine groups is 2. The molecule has 0 aromatic carbocycles. The predicted octanol–water partition coefficient (Wildman–Crippen LogP) is 0.654. The molecule has 0 bridgehead atoms. The first-order chi connectivity index (χ1) is 6.88. The highest BCUT2D eigenvalue weighted by Gasteiger charge is 2.20. The van der Waals surface area contributed by atoms with Crippen LogP contribution in [-0.4, -0.2) is 37.3 Å². The van der Waals surface area contributed by atoms with Crippen molar-refractivity contribution in [1.82, 2.24) is 10.4 Å². The standard InChI is InChI=1S/C9H16N2O4/c1-6(2)15-9(13)10-7(3)8(12)11(4)14-5/h7H,1H2,2-5H3,(H,10,13)/t7-/m0/s1. The zero-order chi connectivity index (χ0) is 12.0. The van der Waals surface area contributed by atoms with Crippen molar-refractivity contribution in [3.63, 3.8) is 0 Å². The average molecular weight is 216 g/mol.